The van der Waals surface area contributed by atoms with Gasteiger partial charge in [-0.15, -0.1) is 0 Å². The third kappa shape index (κ3) is 3.26. The molecule has 0 radical (unpaired) electrons. The second-order valence-corrected chi connectivity index (χ2v) is 5.55. The molecule has 2 heterocycles. The van der Waals surface area contributed by atoms with Crippen LogP contribution in [-0.2, 0) is 0 Å². The van der Waals surface area contributed by atoms with Gasteiger partial charge in [-0.2, -0.15) is 0 Å². The fraction of sp³-hybridized carbons (Fsp3) is 0.727. The molecule has 2 atom stereocenters. The molecular weight excluding hydrogens is 301 g/mol. The second kappa shape index (κ2) is 5.41. The first-order valence-corrected chi connectivity index (χ1v) is 6.81. The lowest BCUT2D eigenvalue weighted by molar-refractivity contribution is 0.262. The van der Waals surface area contributed by atoms with Crippen LogP contribution in [0.3, 0.4) is 0 Å². The monoisotopic (exact) mass is 319 g/mol. The summed E-state index contributed by atoms with van der Waals surface area (Å²) in [7, 11) is 0. The lowest BCUT2D eigenvalue weighted by Gasteiger charge is -2.28. The summed E-state index contributed by atoms with van der Waals surface area (Å²) in [6.45, 7) is 7.87. The highest BCUT2D eigenvalue weighted by molar-refractivity contribution is 14.1. The van der Waals surface area contributed by atoms with Gasteiger partial charge in [-0.1, -0.05) is 35.6 Å². The normalized spacial score (nSPS) is 32.8. The van der Waals surface area contributed by atoms with E-state index in [1.807, 2.05) is 0 Å². The number of rotatable bonds is 2. The van der Waals surface area contributed by atoms with Crippen LogP contribution in [0.1, 0.15) is 6.92 Å². The van der Waals surface area contributed by atoms with Gasteiger partial charge >= 0.3 is 0 Å². The fourth-order valence-corrected chi connectivity index (χ4v) is 2.35. The largest absolute Gasteiger partial charge is 0.314 e. The van der Waals surface area contributed by atoms with Crippen LogP contribution in [0.4, 0.5) is 0 Å². The zero-order valence-corrected chi connectivity index (χ0v) is 11.3. The van der Waals surface area contributed by atoms with Crippen LogP contribution < -0.4 is 5.32 Å². The van der Waals surface area contributed by atoms with Gasteiger partial charge in [0, 0.05) is 44.9 Å². The predicted octanol–water partition coefficient (Wildman–Crippen LogP) is 1.30. The number of hydrogen-bond donors (Lipinski definition) is 1. The Kier molecular flexibility index (Phi) is 4.16. The minimum absolute atomic E-state index is 0.425. The molecule has 0 aliphatic carbocycles. The Morgan fingerprint density at radius 2 is 2.27 bits per heavy atom. The Morgan fingerprint density at radius 3 is 2.93 bits per heavy atom. The van der Waals surface area contributed by atoms with E-state index in [9.17, 15) is 0 Å². The molecular formula is C11H18IN3. The highest BCUT2D eigenvalue weighted by atomic mass is 127. The molecule has 2 unspecified atom stereocenters. The van der Waals surface area contributed by atoms with Gasteiger partial charge in [0.25, 0.3) is 0 Å². The Balaban J connectivity index is 1.89. The molecule has 4 heteroatoms. The van der Waals surface area contributed by atoms with Crippen LogP contribution in [-0.4, -0.2) is 47.9 Å². The van der Waals surface area contributed by atoms with E-state index in [-0.39, 0.29) is 0 Å². The Morgan fingerprint density at radius 1 is 1.53 bits per heavy atom. The summed E-state index contributed by atoms with van der Waals surface area (Å²) in [6.07, 6.45) is 4.42. The molecule has 2 rings (SSSR count). The summed E-state index contributed by atoms with van der Waals surface area (Å²) in [5.41, 5.74) is 1.39. The molecule has 84 valence electrons. The maximum Gasteiger partial charge on any atom is 0.107 e. The number of halogens is 1. The van der Waals surface area contributed by atoms with Crippen molar-refractivity contribution in [3.8, 4) is 0 Å². The first kappa shape index (κ1) is 11.5. The number of piperazine rings is 1. The molecule has 0 saturated carbocycles. The summed E-state index contributed by atoms with van der Waals surface area (Å²) < 4.78 is 0.425. The van der Waals surface area contributed by atoms with Crippen molar-refractivity contribution in [2.24, 2.45) is 10.9 Å². The molecule has 0 amide bonds. The van der Waals surface area contributed by atoms with Gasteiger partial charge in [0.05, 0.1) is 0 Å². The van der Waals surface area contributed by atoms with Crippen molar-refractivity contribution >= 4 is 28.8 Å². The Bertz CT molecular complexity index is 269. The first-order valence-electron chi connectivity index (χ1n) is 5.57. The number of alkyl halides is 1. The van der Waals surface area contributed by atoms with E-state index < -0.39 is 0 Å². The van der Waals surface area contributed by atoms with Crippen molar-refractivity contribution in [2.45, 2.75) is 11.0 Å². The summed E-state index contributed by atoms with van der Waals surface area (Å²) in [5.74, 6) is 0.577. The molecule has 1 saturated heterocycles. The van der Waals surface area contributed by atoms with Crippen LogP contribution >= 0.6 is 22.6 Å². The molecule has 3 nitrogen and oxygen atoms in total. The minimum Gasteiger partial charge on any atom is -0.314 e. The van der Waals surface area contributed by atoms with Gasteiger partial charge in [0.15, 0.2) is 0 Å². The third-order valence-corrected chi connectivity index (χ3v) is 4.37. The van der Waals surface area contributed by atoms with Gasteiger partial charge in [0.2, 0.25) is 0 Å². The SMILES string of the molecule is CC1C=C(CN2CCNCC2)C=NC1I. The minimum atomic E-state index is 0.425. The van der Waals surface area contributed by atoms with Crippen LogP contribution in [0.15, 0.2) is 16.6 Å². The number of dihydropyridines is 1. The molecule has 0 bridgehead atoms. The smallest absolute Gasteiger partial charge is 0.107 e. The molecule has 0 aromatic rings. The Hall–Kier alpha value is 0.0600. The van der Waals surface area contributed by atoms with Gasteiger partial charge in [-0.3, -0.25) is 9.89 Å². The molecule has 0 spiro atoms. The van der Waals surface area contributed by atoms with Crippen molar-refractivity contribution in [1.29, 1.82) is 0 Å². The second-order valence-electron chi connectivity index (χ2n) is 4.28. The van der Waals surface area contributed by atoms with Crippen molar-refractivity contribution < 1.29 is 0 Å². The maximum atomic E-state index is 4.51. The number of hydrogen-bond acceptors (Lipinski definition) is 3. The van der Waals surface area contributed by atoms with Crippen LogP contribution in [0.25, 0.3) is 0 Å². The van der Waals surface area contributed by atoms with E-state index in [0.717, 1.165) is 32.7 Å². The molecule has 0 aromatic carbocycles. The summed E-state index contributed by atoms with van der Waals surface area (Å²) >= 11 is 2.40. The quantitative estimate of drug-likeness (QED) is 0.472. The van der Waals surface area contributed by atoms with E-state index in [1.165, 1.54) is 5.57 Å². The van der Waals surface area contributed by atoms with Crippen LogP contribution in [0.5, 0.6) is 0 Å². The van der Waals surface area contributed by atoms with Gasteiger partial charge in [0.1, 0.15) is 4.05 Å². The molecule has 2 aliphatic rings. The van der Waals surface area contributed by atoms with Crippen molar-refractivity contribution in [1.82, 2.24) is 10.2 Å². The number of nitrogens with one attached hydrogen (secondary N) is 1. The molecule has 2 aliphatic heterocycles. The van der Waals surface area contributed by atoms with Gasteiger partial charge in [-0.25, -0.2) is 0 Å². The molecule has 0 aromatic heterocycles. The van der Waals surface area contributed by atoms with E-state index >= 15 is 0 Å². The predicted molar refractivity (Wildman–Crippen MR) is 72.9 cm³/mol. The van der Waals surface area contributed by atoms with E-state index in [0.29, 0.717) is 9.97 Å². The van der Waals surface area contributed by atoms with E-state index in [1.54, 1.807) is 0 Å². The first-order chi connectivity index (χ1) is 7.25. The lowest BCUT2D eigenvalue weighted by atomic mass is 10.1. The standard InChI is InChI=1S/C11H18IN3/c1-9-6-10(7-14-11(9)12)8-15-4-2-13-3-5-15/h6-7,9,11,13H,2-5,8H2,1H3. The average Bonchev–Trinajstić information content (AvgIpc) is 2.25. The lowest BCUT2D eigenvalue weighted by Crippen LogP contribution is -2.44. The third-order valence-electron chi connectivity index (χ3n) is 2.91. The van der Waals surface area contributed by atoms with Crippen molar-refractivity contribution in [2.75, 3.05) is 32.7 Å². The molecule has 1 N–H and O–H groups in total. The van der Waals surface area contributed by atoms with Crippen LogP contribution in [0, 0.1) is 5.92 Å². The number of nitrogens with zero attached hydrogens (tertiary/aromatic N) is 2. The summed E-state index contributed by atoms with van der Waals surface area (Å²) in [6, 6.07) is 0. The van der Waals surface area contributed by atoms with E-state index in [2.05, 4.69) is 57.0 Å². The number of aliphatic imine (C=N–C) groups is 1. The molecule has 15 heavy (non-hydrogen) atoms. The molecule has 1 fully saturated rings. The van der Waals surface area contributed by atoms with Gasteiger partial charge < -0.3 is 5.32 Å². The topological polar surface area (TPSA) is 27.6 Å². The van der Waals surface area contributed by atoms with Gasteiger partial charge in [-0.05, 0) is 5.57 Å². The van der Waals surface area contributed by atoms with Crippen LogP contribution in [0.2, 0.25) is 0 Å². The van der Waals surface area contributed by atoms with Crippen molar-refractivity contribution in [3.63, 3.8) is 0 Å². The highest BCUT2D eigenvalue weighted by Gasteiger charge is 2.17. The van der Waals surface area contributed by atoms with Crippen molar-refractivity contribution in [3.05, 3.63) is 11.6 Å². The summed E-state index contributed by atoms with van der Waals surface area (Å²) in [5, 5.41) is 3.37. The zero-order valence-electron chi connectivity index (χ0n) is 9.12. The maximum absolute atomic E-state index is 4.51. The fourth-order valence-electron chi connectivity index (χ4n) is 1.98. The van der Waals surface area contributed by atoms with E-state index in [4.69, 9.17) is 0 Å². The average molecular weight is 319 g/mol. The Labute approximate surface area is 105 Å². The highest BCUT2D eigenvalue weighted by Crippen LogP contribution is 2.21. The summed E-state index contributed by atoms with van der Waals surface area (Å²) in [4.78, 5) is 7.00. The zero-order chi connectivity index (χ0) is 10.7.